The van der Waals surface area contributed by atoms with Gasteiger partial charge in [0.25, 0.3) is 0 Å². The predicted molar refractivity (Wildman–Crippen MR) is 78.3 cm³/mol. The molecule has 0 fully saturated rings. The van der Waals surface area contributed by atoms with E-state index in [4.69, 9.17) is 20.3 Å². The zero-order valence-electron chi connectivity index (χ0n) is 11.4. The van der Waals surface area contributed by atoms with Crippen LogP contribution in [0.3, 0.4) is 0 Å². The second kappa shape index (κ2) is 7.31. The van der Waals surface area contributed by atoms with E-state index < -0.39 is 12.0 Å². The lowest BCUT2D eigenvalue weighted by Gasteiger charge is -2.10. The smallest absolute Gasteiger partial charge is 0.324 e. The minimum absolute atomic E-state index is 0.0699. The second-order valence-corrected chi connectivity index (χ2v) is 4.50. The van der Waals surface area contributed by atoms with Crippen molar-refractivity contribution in [3.63, 3.8) is 0 Å². The third-order valence-electron chi connectivity index (χ3n) is 2.82. The summed E-state index contributed by atoms with van der Waals surface area (Å²) in [5, 5.41) is 8.66. The van der Waals surface area contributed by atoms with E-state index in [0.717, 1.165) is 5.56 Å². The Bertz CT molecular complexity index is 569. The molecule has 0 aliphatic rings. The number of hydrogen-bond donors (Lipinski definition) is 2. The first-order chi connectivity index (χ1) is 10.1. The van der Waals surface area contributed by atoms with Crippen LogP contribution in [0.1, 0.15) is 5.56 Å². The lowest BCUT2D eigenvalue weighted by atomic mass is 10.2. The van der Waals surface area contributed by atoms with Gasteiger partial charge in [-0.2, -0.15) is 0 Å². The average molecular weight is 287 g/mol. The monoisotopic (exact) mass is 287 g/mol. The van der Waals surface area contributed by atoms with E-state index >= 15 is 0 Å². The normalized spacial score (nSPS) is 11.7. The highest BCUT2D eigenvalue weighted by Crippen LogP contribution is 2.18. The Labute approximate surface area is 122 Å². The van der Waals surface area contributed by atoms with Gasteiger partial charge in [0.05, 0.1) is 0 Å². The molecule has 2 aromatic rings. The Morgan fingerprint density at radius 2 is 1.57 bits per heavy atom. The number of carboxylic acids is 1. The third kappa shape index (κ3) is 4.81. The molecule has 0 aromatic heterocycles. The van der Waals surface area contributed by atoms with Crippen molar-refractivity contribution >= 4 is 5.97 Å². The van der Waals surface area contributed by atoms with Gasteiger partial charge in [-0.25, -0.2) is 0 Å². The molecule has 5 nitrogen and oxygen atoms in total. The van der Waals surface area contributed by atoms with Gasteiger partial charge in [0.2, 0.25) is 0 Å². The van der Waals surface area contributed by atoms with Crippen LogP contribution in [0.2, 0.25) is 0 Å². The van der Waals surface area contributed by atoms with Crippen molar-refractivity contribution in [1.82, 2.24) is 0 Å². The van der Waals surface area contributed by atoms with Crippen LogP contribution < -0.4 is 15.2 Å². The van der Waals surface area contributed by atoms with Crippen LogP contribution in [-0.2, 0) is 11.4 Å². The summed E-state index contributed by atoms with van der Waals surface area (Å²) in [7, 11) is 0. The van der Waals surface area contributed by atoms with Crippen LogP contribution in [0.4, 0.5) is 0 Å². The summed E-state index contributed by atoms with van der Waals surface area (Å²) >= 11 is 0. The first-order valence-corrected chi connectivity index (χ1v) is 6.53. The Kier molecular flexibility index (Phi) is 5.17. The molecular formula is C16H17NO4. The topological polar surface area (TPSA) is 81.8 Å². The van der Waals surface area contributed by atoms with Crippen molar-refractivity contribution in [3.05, 3.63) is 60.2 Å². The molecule has 0 radical (unpaired) electrons. The zero-order valence-corrected chi connectivity index (χ0v) is 11.4. The molecular weight excluding hydrogens is 270 g/mol. The summed E-state index contributed by atoms with van der Waals surface area (Å²) in [6, 6.07) is 15.8. The second-order valence-electron chi connectivity index (χ2n) is 4.50. The minimum Gasteiger partial charge on any atom is -0.491 e. The number of carboxylic acid groups (broad SMARTS) is 1. The molecule has 0 aliphatic carbocycles. The van der Waals surface area contributed by atoms with Crippen LogP contribution in [0.5, 0.6) is 11.5 Å². The molecule has 110 valence electrons. The molecule has 0 aliphatic heterocycles. The van der Waals surface area contributed by atoms with Crippen molar-refractivity contribution in [3.8, 4) is 11.5 Å². The van der Waals surface area contributed by atoms with Gasteiger partial charge in [0.15, 0.2) is 0 Å². The molecule has 0 spiro atoms. The van der Waals surface area contributed by atoms with Gasteiger partial charge in [-0.05, 0) is 29.8 Å². The van der Waals surface area contributed by atoms with Gasteiger partial charge >= 0.3 is 5.97 Å². The number of benzene rings is 2. The maximum absolute atomic E-state index is 10.6. The number of carbonyl (C=O) groups is 1. The van der Waals surface area contributed by atoms with Crippen molar-refractivity contribution in [2.45, 2.75) is 12.6 Å². The molecule has 1 atom stereocenters. The van der Waals surface area contributed by atoms with E-state index in [2.05, 4.69) is 0 Å². The molecule has 0 bridgehead atoms. The molecule has 0 saturated heterocycles. The van der Waals surface area contributed by atoms with Crippen LogP contribution in [-0.4, -0.2) is 23.7 Å². The number of aliphatic carboxylic acids is 1. The highest BCUT2D eigenvalue weighted by atomic mass is 16.5. The molecule has 2 rings (SSSR count). The summed E-state index contributed by atoms with van der Waals surface area (Å²) in [6.45, 7) is 0.421. The van der Waals surface area contributed by atoms with Crippen LogP contribution in [0.25, 0.3) is 0 Å². The largest absolute Gasteiger partial charge is 0.491 e. The lowest BCUT2D eigenvalue weighted by Crippen LogP contribution is -2.36. The van der Waals surface area contributed by atoms with Crippen molar-refractivity contribution < 1.29 is 19.4 Å². The summed E-state index contributed by atoms with van der Waals surface area (Å²) < 4.78 is 10.9. The third-order valence-corrected chi connectivity index (χ3v) is 2.82. The lowest BCUT2D eigenvalue weighted by molar-refractivity contribution is -0.139. The summed E-state index contributed by atoms with van der Waals surface area (Å²) in [6.07, 6.45) is 0. The van der Waals surface area contributed by atoms with Crippen molar-refractivity contribution in [2.24, 2.45) is 5.73 Å². The molecule has 21 heavy (non-hydrogen) atoms. The van der Waals surface area contributed by atoms with E-state index in [0.29, 0.717) is 18.1 Å². The molecule has 2 aromatic carbocycles. The van der Waals surface area contributed by atoms with Crippen molar-refractivity contribution in [1.29, 1.82) is 0 Å². The number of nitrogens with two attached hydrogens (primary N) is 1. The highest BCUT2D eigenvalue weighted by molar-refractivity contribution is 5.73. The van der Waals surface area contributed by atoms with E-state index in [1.54, 1.807) is 24.3 Å². The molecule has 0 amide bonds. The van der Waals surface area contributed by atoms with Crippen LogP contribution in [0.15, 0.2) is 54.6 Å². The Hall–Kier alpha value is -2.53. The molecule has 0 heterocycles. The Morgan fingerprint density at radius 1 is 1.00 bits per heavy atom. The molecule has 0 saturated carbocycles. The molecule has 5 heteroatoms. The SMILES string of the molecule is NC(COc1ccc(OCc2ccccc2)cc1)C(=O)O. The van der Waals surface area contributed by atoms with Gasteiger partial charge in [-0.1, -0.05) is 30.3 Å². The Balaban J connectivity index is 1.83. The highest BCUT2D eigenvalue weighted by Gasteiger charge is 2.11. The maximum Gasteiger partial charge on any atom is 0.324 e. The Morgan fingerprint density at radius 3 is 2.14 bits per heavy atom. The quantitative estimate of drug-likeness (QED) is 0.814. The zero-order chi connectivity index (χ0) is 15.1. The fourth-order valence-corrected chi connectivity index (χ4v) is 1.63. The summed E-state index contributed by atoms with van der Waals surface area (Å²) in [4.78, 5) is 10.6. The summed E-state index contributed by atoms with van der Waals surface area (Å²) in [5.41, 5.74) is 6.45. The van der Waals surface area contributed by atoms with Gasteiger partial charge in [0.1, 0.15) is 30.8 Å². The predicted octanol–water partition coefficient (Wildman–Crippen LogP) is 2.06. The van der Waals surface area contributed by atoms with Gasteiger partial charge in [-0.3, -0.25) is 4.79 Å². The van der Waals surface area contributed by atoms with Gasteiger partial charge < -0.3 is 20.3 Å². The summed E-state index contributed by atoms with van der Waals surface area (Å²) in [5.74, 6) is 0.185. The maximum atomic E-state index is 10.6. The first-order valence-electron chi connectivity index (χ1n) is 6.53. The number of hydrogen-bond acceptors (Lipinski definition) is 4. The van der Waals surface area contributed by atoms with Crippen molar-refractivity contribution in [2.75, 3.05) is 6.61 Å². The van der Waals surface area contributed by atoms with E-state index in [9.17, 15) is 4.79 Å². The van der Waals surface area contributed by atoms with E-state index in [-0.39, 0.29) is 6.61 Å². The molecule has 3 N–H and O–H groups in total. The number of ether oxygens (including phenoxy) is 2. The number of rotatable bonds is 7. The van der Waals surface area contributed by atoms with Gasteiger partial charge in [0, 0.05) is 0 Å². The van der Waals surface area contributed by atoms with Crippen LogP contribution >= 0.6 is 0 Å². The standard InChI is InChI=1S/C16H17NO4/c17-15(16(18)19)11-21-14-8-6-13(7-9-14)20-10-12-4-2-1-3-5-12/h1-9,15H,10-11,17H2,(H,18,19). The first kappa shape index (κ1) is 14.9. The minimum atomic E-state index is -1.09. The molecule has 1 unspecified atom stereocenters. The fourth-order valence-electron chi connectivity index (χ4n) is 1.63. The average Bonchev–Trinajstić information content (AvgIpc) is 2.52. The van der Waals surface area contributed by atoms with E-state index in [1.165, 1.54) is 0 Å². The van der Waals surface area contributed by atoms with Gasteiger partial charge in [-0.15, -0.1) is 0 Å². The fraction of sp³-hybridized carbons (Fsp3) is 0.188. The van der Waals surface area contributed by atoms with E-state index in [1.807, 2.05) is 30.3 Å². The van der Waals surface area contributed by atoms with Crippen LogP contribution in [0, 0.1) is 0 Å².